The summed E-state index contributed by atoms with van der Waals surface area (Å²) in [6, 6.07) is 7.22. The van der Waals surface area contributed by atoms with E-state index in [0.29, 0.717) is 6.61 Å². The van der Waals surface area contributed by atoms with Gasteiger partial charge in [-0.2, -0.15) is 0 Å². The van der Waals surface area contributed by atoms with Gasteiger partial charge in [0.2, 0.25) is 5.91 Å². The monoisotopic (exact) mass is 236 g/mol. The normalized spacial score (nSPS) is 12.3. The van der Waals surface area contributed by atoms with Crippen LogP contribution in [0.25, 0.3) is 0 Å². The molecule has 0 aliphatic rings. The van der Waals surface area contributed by atoms with Crippen molar-refractivity contribution in [1.29, 1.82) is 0 Å². The molecule has 0 unspecified atom stereocenters. The molecule has 1 aromatic rings. The van der Waals surface area contributed by atoms with Crippen LogP contribution < -0.4 is 10.1 Å². The third kappa shape index (κ3) is 4.07. The molecule has 4 nitrogen and oxygen atoms in total. The third-order valence-corrected chi connectivity index (χ3v) is 2.59. The molecule has 0 saturated carbocycles. The molecule has 1 atom stereocenters. The summed E-state index contributed by atoms with van der Waals surface area (Å²) in [7, 11) is 3.75. The summed E-state index contributed by atoms with van der Waals surface area (Å²) in [4.78, 5) is 13.6. The zero-order valence-electron chi connectivity index (χ0n) is 10.9. The van der Waals surface area contributed by atoms with Crippen LogP contribution in [0.2, 0.25) is 0 Å². The van der Waals surface area contributed by atoms with Gasteiger partial charge in [0.25, 0.3) is 0 Å². The van der Waals surface area contributed by atoms with Gasteiger partial charge >= 0.3 is 0 Å². The summed E-state index contributed by atoms with van der Waals surface area (Å²) in [6.45, 7) is 4.45. The van der Waals surface area contributed by atoms with Crippen molar-refractivity contribution in [3.05, 3.63) is 24.3 Å². The first-order chi connectivity index (χ1) is 8.04. The Labute approximate surface area is 103 Å². The number of carbonyl (C=O) groups is 1. The third-order valence-electron chi connectivity index (χ3n) is 2.59. The standard InChI is InChI=1S/C13H20N2O2/c1-5-17-12-8-6-11(7-9-12)14-13(16)10(2)15(3)4/h6-10H,5H2,1-4H3,(H,14,16)/t10-/m0/s1. The Morgan fingerprint density at radius 1 is 1.35 bits per heavy atom. The number of hydrogen-bond donors (Lipinski definition) is 1. The minimum absolute atomic E-state index is 0.0147. The molecule has 0 aliphatic carbocycles. The van der Waals surface area contributed by atoms with Gasteiger partial charge in [0.1, 0.15) is 5.75 Å². The van der Waals surface area contributed by atoms with E-state index in [9.17, 15) is 4.79 Å². The first kappa shape index (κ1) is 13.5. The van der Waals surface area contributed by atoms with E-state index in [0.717, 1.165) is 11.4 Å². The van der Waals surface area contributed by atoms with Gasteiger partial charge in [-0.3, -0.25) is 9.69 Å². The Morgan fingerprint density at radius 3 is 2.41 bits per heavy atom. The Balaban J connectivity index is 2.60. The van der Waals surface area contributed by atoms with Crippen molar-refractivity contribution in [3.63, 3.8) is 0 Å². The zero-order valence-corrected chi connectivity index (χ0v) is 10.9. The number of carbonyl (C=O) groups excluding carboxylic acids is 1. The summed E-state index contributed by atoms with van der Waals surface area (Å²) in [6.07, 6.45) is 0. The molecule has 1 aromatic carbocycles. The smallest absolute Gasteiger partial charge is 0.241 e. The number of anilines is 1. The number of benzene rings is 1. The van der Waals surface area contributed by atoms with Crippen LogP contribution in [0.1, 0.15) is 13.8 Å². The van der Waals surface area contributed by atoms with Gasteiger partial charge in [0, 0.05) is 5.69 Å². The molecule has 1 N–H and O–H groups in total. The van der Waals surface area contributed by atoms with E-state index in [-0.39, 0.29) is 11.9 Å². The average Bonchev–Trinajstić information content (AvgIpc) is 2.30. The molecule has 0 heterocycles. The van der Waals surface area contributed by atoms with Crippen LogP contribution in [0, 0.1) is 0 Å². The molecule has 1 amide bonds. The molecule has 0 aromatic heterocycles. The maximum atomic E-state index is 11.8. The second kappa shape index (κ2) is 6.25. The van der Waals surface area contributed by atoms with Crippen LogP contribution in [0.3, 0.4) is 0 Å². The number of ether oxygens (including phenoxy) is 1. The molecule has 94 valence electrons. The number of nitrogens with one attached hydrogen (secondary N) is 1. The Kier molecular flexibility index (Phi) is 4.97. The van der Waals surface area contributed by atoms with Crippen LogP contribution in [0.15, 0.2) is 24.3 Å². The summed E-state index contributed by atoms with van der Waals surface area (Å²) in [5, 5.41) is 2.86. The molecule has 4 heteroatoms. The average molecular weight is 236 g/mol. The van der Waals surface area contributed by atoms with Gasteiger partial charge in [0.05, 0.1) is 12.6 Å². The van der Waals surface area contributed by atoms with Crippen molar-refractivity contribution >= 4 is 11.6 Å². The largest absolute Gasteiger partial charge is 0.494 e. The van der Waals surface area contributed by atoms with E-state index in [4.69, 9.17) is 4.74 Å². The summed E-state index contributed by atoms with van der Waals surface area (Å²) in [5.41, 5.74) is 0.784. The van der Waals surface area contributed by atoms with Crippen molar-refractivity contribution in [2.24, 2.45) is 0 Å². The number of rotatable bonds is 5. The van der Waals surface area contributed by atoms with Crippen LogP contribution in [0.4, 0.5) is 5.69 Å². The van der Waals surface area contributed by atoms with Gasteiger partial charge in [-0.15, -0.1) is 0 Å². The van der Waals surface area contributed by atoms with Crippen LogP contribution in [0.5, 0.6) is 5.75 Å². The molecule has 0 bridgehead atoms. The zero-order chi connectivity index (χ0) is 12.8. The Hall–Kier alpha value is -1.55. The van der Waals surface area contributed by atoms with Gasteiger partial charge in [-0.25, -0.2) is 0 Å². The highest BCUT2D eigenvalue weighted by Gasteiger charge is 2.14. The maximum absolute atomic E-state index is 11.8. The number of hydrogen-bond acceptors (Lipinski definition) is 3. The lowest BCUT2D eigenvalue weighted by Gasteiger charge is -2.18. The van der Waals surface area contributed by atoms with E-state index < -0.39 is 0 Å². The molecular formula is C13H20N2O2. The molecule has 0 aliphatic heterocycles. The van der Waals surface area contributed by atoms with Crippen LogP contribution in [-0.2, 0) is 4.79 Å². The second-order valence-corrected chi connectivity index (χ2v) is 4.09. The van der Waals surface area contributed by atoms with E-state index in [1.54, 1.807) is 0 Å². The van der Waals surface area contributed by atoms with Crippen molar-refractivity contribution in [3.8, 4) is 5.75 Å². The summed E-state index contributed by atoms with van der Waals surface area (Å²) < 4.78 is 5.33. The topological polar surface area (TPSA) is 41.6 Å². The lowest BCUT2D eigenvalue weighted by Crippen LogP contribution is -2.37. The summed E-state index contributed by atoms with van der Waals surface area (Å²) in [5.74, 6) is 0.797. The maximum Gasteiger partial charge on any atom is 0.241 e. The fourth-order valence-corrected chi connectivity index (χ4v) is 1.28. The highest BCUT2D eigenvalue weighted by molar-refractivity contribution is 5.94. The molecule has 0 spiro atoms. The molecular weight excluding hydrogens is 216 g/mol. The summed E-state index contributed by atoms with van der Waals surface area (Å²) >= 11 is 0. The highest BCUT2D eigenvalue weighted by atomic mass is 16.5. The Morgan fingerprint density at radius 2 is 1.94 bits per heavy atom. The molecule has 1 rings (SSSR count). The van der Waals surface area contributed by atoms with Gasteiger partial charge in [-0.05, 0) is 52.2 Å². The second-order valence-electron chi connectivity index (χ2n) is 4.09. The first-order valence-electron chi connectivity index (χ1n) is 5.74. The quantitative estimate of drug-likeness (QED) is 0.850. The predicted octanol–water partition coefficient (Wildman–Crippen LogP) is 1.97. The number of amides is 1. The van der Waals surface area contributed by atoms with Crippen LogP contribution >= 0.6 is 0 Å². The molecule has 17 heavy (non-hydrogen) atoms. The van der Waals surface area contributed by atoms with Crippen LogP contribution in [-0.4, -0.2) is 37.6 Å². The SMILES string of the molecule is CCOc1ccc(NC(=O)[C@H](C)N(C)C)cc1. The number of likely N-dealkylation sites (N-methyl/N-ethyl adjacent to an activating group) is 1. The Bertz CT molecular complexity index is 360. The highest BCUT2D eigenvalue weighted by Crippen LogP contribution is 2.15. The molecule has 0 fully saturated rings. The van der Waals surface area contributed by atoms with Crippen molar-refractivity contribution in [1.82, 2.24) is 4.90 Å². The van der Waals surface area contributed by atoms with Gasteiger partial charge < -0.3 is 10.1 Å². The molecule has 0 radical (unpaired) electrons. The first-order valence-corrected chi connectivity index (χ1v) is 5.74. The van der Waals surface area contributed by atoms with Crippen molar-refractivity contribution in [2.75, 3.05) is 26.0 Å². The van der Waals surface area contributed by atoms with Gasteiger partial charge in [0.15, 0.2) is 0 Å². The lowest BCUT2D eigenvalue weighted by molar-refractivity contribution is -0.119. The fourth-order valence-electron chi connectivity index (χ4n) is 1.28. The molecule has 0 saturated heterocycles. The van der Waals surface area contributed by atoms with E-state index in [1.807, 2.05) is 57.1 Å². The van der Waals surface area contributed by atoms with E-state index in [1.165, 1.54) is 0 Å². The predicted molar refractivity (Wildman–Crippen MR) is 69.4 cm³/mol. The number of nitrogens with zero attached hydrogens (tertiary/aromatic N) is 1. The van der Waals surface area contributed by atoms with Crippen molar-refractivity contribution in [2.45, 2.75) is 19.9 Å². The lowest BCUT2D eigenvalue weighted by atomic mass is 10.2. The minimum Gasteiger partial charge on any atom is -0.494 e. The minimum atomic E-state index is -0.151. The fraction of sp³-hybridized carbons (Fsp3) is 0.462. The van der Waals surface area contributed by atoms with E-state index in [2.05, 4.69) is 5.32 Å². The van der Waals surface area contributed by atoms with Gasteiger partial charge in [-0.1, -0.05) is 0 Å². The van der Waals surface area contributed by atoms with Crippen molar-refractivity contribution < 1.29 is 9.53 Å². The van der Waals surface area contributed by atoms with E-state index >= 15 is 0 Å².